The zero-order chi connectivity index (χ0) is 12.2. The topological polar surface area (TPSA) is 55.1 Å². The van der Waals surface area contributed by atoms with Gasteiger partial charge in [0.25, 0.3) is 0 Å². The summed E-state index contributed by atoms with van der Waals surface area (Å²) >= 11 is 5.79. The molecule has 3 nitrogen and oxygen atoms in total. The van der Waals surface area contributed by atoms with E-state index in [0.29, 0.717) is 17.9 Å². The number of benzene rings is 1. The molecule has 0 saturated carbocycles. The van der Waals surface area contributed by atoms with E-state index in [0.717, 1.165) is 5.69 Å². The first-order valence-corrected chi connectivity index (χ1v) is 5.75. The largest absolute Gasteiger partial charge is 0.371 e. The first kappa shape index (κ1) is 12.8. The van der Waals surface area contributed by atoms with Gasteiger partial charge in [-0.05, 0) is 37.1 Å². The molecule has 0 aliphatic heterocycles. The number of carbonyl (C=O) groups is 1. The molecule has 0 spiro atoms. The number of hydrogen-bond donors (Lipinski definition) is 2. The van der Waals surface area contributed by atoms with E-state index in [2.05, 4.69) is 5.32 Å². The molecule has 0 unspecified atom stereocenters. The van der Waals surface area contributed by atoms with Crippen molar-refractivity contribution < 1.29 is 4.79 Å². The Balaban J connectivity index is 2.91. The summed E-state index contributed by atoms with van der Waals surface area (Å²) in [5.74, 6) is -0.326. The number of amides is 1. The van der Waals surface area contributed by atoms with Gasteiger partial charge in [0, 0.05) is 10.7 Å². The Morgan fingerprint density at radius 3 is 2.19 bits per heavy atom. The predicted molar refractivity (Wildman–Crippen MR) is 67.6 cm³/mol. The Hall–Kier alpha value is -1.22. The van der Waals surface area contributed by atoms with E-state index in [1.54, 1.807) is 12.1 Å². The second-order valence-electron chi connectivity index (χ2n) is 3.79. The van der Waals surface area contributed by atoms with E-state index < -0.39 is 5.54 Å². The molecule has 1 rings (SSSR count). The highest BCUT2D eigenvalue weighted by molar-refractivity contribution is 6.30. The van der Waals surface area contributed by atoms with Crippen LogP contribution in [0, 0.1) is 0 Å². The van der Waals surface area contributed by atoms with Crippen molar-refractivity contribution in [3.05, 3.63) is 29.3 Å². The minimum absolute atomic E-state index is 0.326. The van der Waals surface area contributed by atoms with Crippen LogP contribution in [-0.2, 0) is 4.79 Å². The summed E-state index contributed by atoms with van der Waals surface area (Å²) in [6.45, 7) is 3.88. The van der Waals surface area contributed by atoms with Crippen molar-refractivity contribution in [2.24, 2.45) is 5.73 Å². The zero-order valence-electron chi connectivity index (χ0n) is 9.59. The number of carbonyl (C=O) groups excluding carboxylic acids is 1. The van der Waals surface area contributed by atoms with Gasteiger partial charge in [-0.2, -0.15) is 0 Å². The molecule has 1 amide bonds. The molecule has 0 atom stereocenters. The van der Waals surface area contributed by atoms with E-state index in [1.165, 1.54) is 0 Å². The molecule has 0 aliphatic carbocycles. The summed E-state index contributed by atoms with van der Waals surface area (Å²) in [6, 6.07) is 7.23. The third-order valence-electron chi connectivity index (χ3n) is 2.91. The van der Waals surface area contributed by atoms with Gasteiger partial charge in [-0.15, -0.1) is 0 Å². The molecule has 0 saturated heterocycles. The van der Waals surface area contributed by atoms with Crippen molar-refractivity contribution in [1.29, 1.82) is 0 Å². The molecular weight excluding hydrogens is 224 g/mol. The summed E-state index contributed by atoms with van der Waals surface area (Å²) < 4.78 is 0. The van der Waals surface area contributed by atoms with Crippen LogP contribution >= 0.6 is 11.6 Å². The molecule has 1 aromatic rings. The maximum absolute atomic E-state index is 11.5. The maximum atomic E-state index is 11.5. The molecule has 16 heavy (non-hydrogen) atoms. The van der Waals surface area contributed by atoms with Crippen LogP contribution in [0.1, 0.15) is 26.7 Å². The van der Waals surface area contributed by atoms with Gasteiger partial charge in [0.15, 0.2) is 0 Å². The summed E-state index contributed by atoms with van der Waals surface area (Å²) in [4.78, 5) is 11.5. The molecule has 0 radical (unpaired) electrons. The quantitative estimate of drug-likeness (QED) is 0.832. The van der Waals surface area contributed by atoms with Gasteiger partial charge < -0.3 is 11.1 Å². The Labute approximate surface area is 101 Å². The lowest BCUT2D eigenvalue weighted by Crippen LogP contribution is -2.49. The summed E-state index contributed by atoms with van der Waals surface area (Å²) in [5.41, 5.74) is 5.62. The second kappa shape index (κ2) is 5.21. The van der Waals surface area contributed by atoms with Crippen LogP contribution in [0.25, 0.3) is 0 Å². The molecule has 0 aromatic heterocycles. The normalized spacial score (nSPS) is 11.2. The van der Waals surface area contributed by atoms with Gasteiger partial charge in [-0.3, -0.25) is 4.79 Å². The predicted octanol–water partition coefficient (Wildman–Crippen LogP) is 2.80. The number of hydrogen-bond acceptors (Lipinski definition) is 2. The van der Waals surface area contributed by atoms with Gasteiger partial charge in [0.05, 0.1) is 0 Å². The molecule has 4 heteroatoms. The Morgan fingerprint density at radius 2 is 1.81 bits per heavy atom. The standard InChI is InChI=1S/C12H17ClN2O/c1-3-12(4-2,11(14)16)15-10-7-5-9(13)6-8-10/h5-8,15H,3-4H2,1-2H3,(H2,14,16). The Morgan fingerprint density at radius 1 is 1.31 bits per heavy atom. The van der Waals surface area contributed by atoms with Crippen LogP contribution in [0.4, 0.5) is 5.69 Å². The van der Waals surface area contributed by atoms with Crippen LogP contribution in [-0.4, -0.2) is 11.4 Å². The smallest absolute Gasteiger partial charge is 0.243 e. The lowest BCUT2D eigenvalue weighted by Gasteiger charge is -2.30. The summed E-state index contributed by atoms with van der Waals surface area (Å²) in [6.07, 6.45) is 1.31. The number of rotatable bonds is 5. The van der Waals surface area contributed by atoms with E-state index >= 15 is 0 Å². The highest BCUT2D eigenvalue weighted by Crippen LogP contribution is 2.23. The van der Waals surface area contributed by atoms with Crippen molar-refractivity contribution in [2.75, 3.05) is 5.32 Å². The van der Waals surface area contributed by atoms with Crippen LogP contribution in [0.15, 0.2) is 24.3 Å². The van der Waals surface area contributed by atoms with Crippen molar-refractivity contribution in [3.63, 3.8) is 0 Å². The maximum Gasteiger partial charge on any atom is 0.243 e. The van der Waals surface area contributed by atoms with E-state index in [4.69, 9.17) is 17.3 Å². The van der Waals surface area contributed by atoms with Crippen molar-refractivity contribution in [3.8, 4) is 0 Å². The molecule has 0 bridgehead atoms. The fourth-order valence-electron chi connectivity index (χ4n) is 1.65. The average Bonchev–Trinajstić information content (AvgIpc) is 2.28. The van der Waals surface area contributed by atoms with Crippen molar-refractivity contribution in [2.45, 2.75) is 32.2 Å². The number of nitrogens with one attached hydrogen (secondary N) is 1. The summed E-state index contributed by atoms with van der Waals surface area (Å²) in [5, 5.41) is 3.85. The lowest BCUT2D eigenvalue weighted by molar-refractivity contribution is -0.122. The van der Waals surface area contributed by atoms with Crippen LogP contribution in [0.5, 0.6) is 0 Å². The van der Waals surface area contributed by atoms with Crippen LogP contribution in [0.3, 0.4) is 0 Å². The lowest BCUT2D eigenvalue weighted by atomic mass is 9.91. The van der Waals surface area contributed by atoms with E-state index in [-0.39, 0.29) is 5.91 Å². The fourth-order valence-corrected chi connectivity index (χ4v) is 1.77. The van der Waals surface area contributed by atoms with E-state index in [1.807, 2.05) is 26.0 Å². The van der Waals surface area contributed by atoms with Gasteiger partial charge in [-0.1, -0.05) is 25.4 Å². The molecule has 0 heterocycles. The summed E-state index contributed by atoms with van der Waals surface area (Å²) in [7, 11) is 0. The molecule has 0 fully saturated rings. The monoisotopic (exact) mass is 240 g/mol. The number of primary amides is 1. The van der Waals surface area contributed by atoms with E-state index in [9.17, 15) is 4.79 Å². The minimum Gasteiger partial charge on any atom is -0.371 e. The second-order valence-corrected chi connectivity index (χ2v) is 4.22. The Kier molecular flexibility index (Phi) is 4.19. The molecule has 88 valence electrons. The van der Waals surface area contributed by atoms with Crippen molar-refractivity contribution >= 4 is 23.2 Å². The zero-order valence-corrected chi connectivity index (χ0v) is 10.3. The van der Waals surface area contributed by atoms with Gasteiger partial charge in [-0.25, -0.2) is 0 Å². The third kappa shape index (κ3) is 2.67. The fraction of sp³-hybridized carbons (Fsp3) is 0.417. The number of halogens is 1. The highest BCUT2D eigenvalue weighted by Gasteiger charge is 2.32. The first-order chi connectivity index (χ1) is 7.54. The minimum atomic E-state index is -0.673. The molecule has 1 aromatic carbocycles. The molecule has 3 N–H and O–H groups in total. The van der Waals surface area contributed by atoms with Gasteiger partial charge >= 0.3 is 0 Å². The molecular formula is C12H17ClN2O. The average molecular weight is 241 g/mol. The van der Waals surface area contributed by atoms with Gasteiger partial charge in [0.2, 0.25) is 5.91 Å². The molecule has 0 aliphatic rings. The Bertz CT molecular complexity index is 358. The van der Waals surface area contributed by atoms with Crippen LogP contribution < -0.4 is 11.1 Å². The van der Waals surface area contributed by atoms with Gasteiger partial charge in [0.1, 0.15) is 5.54 Å². The highest BCUT2D eigenvalue weighted by atomic mass is 35.5. The number of nitrogens with two attached hydrogens (primary N) is 1. The third-order valence-corrected chi connectivity index (χ3v) is 3.16. The van der Waals surface area contributed by atoms with Crippen molar-refractivity contribution in [1.82, 2.24) is 0 Å². The first-order valence-electron chi connectivity index (χ1n) is 5.37. The van der Waals surface area contributed by atoms with Crippen LogP contribution in [0.2, 0.25) is 5.02 Å². The number of anilines is 1. The SMILES string of the molecule is CCC(CC)(Nc1ccc(Cl)cc1)C(N)=O.